The molecule has 0 heterocycles. The molecule has 0 radical (unpaired) electrons. The Labute approximate surface area is 172 Å². The summed E-state index contributed by atoms with van der Waals surface area (Å²) in [6, 6.07) is 15.4. The summed E-state index contributed by atoms with van der Waals surface area (Å²) < 4.78 is 30.9. The van der Waals surface area contributed by atoms with Crippen molar-refractivity contribution in [3.63, 3.8) is 0 Å². The first-order chi connectivity index (χ1) is 13.3. The second-order valence-corrected chi connectivity index (χ2v) is 9.79. The zero-order valence-corrected chi connectivity index (χ0v) is 19.1. The van der Waals surface area contributed by atoms with Crippen LogP contribution in [0.25, 0.3) is 0 Å². The molecule has 7 heteroatoms. The number of hydrogen-bond acceptors (Lipinski definition) is 6. The molecular formula is C21H30NO4PS. The predicted octanol–water partition coefficient (Wildman–Crippen LogP) is 6.57. The van der Waals surface area contributed by atoms with E-state index in [1.54, 1.807) is 18.9 Å². The minimum atomic E-state index is -3.52. The van der Waals surface area contributed by atoms with Crippen molar-refractivity contribution in [2.45, 2.75) is 50.6 Å². The SMILES string of the molecule is COc1ccc(NC(c2ccc(SC)cc2)P(=O)(OC(C)C)OC(C)C)cc1. The molecule has 0 fully saturated rings. The van der Waals surface area contributed by atoms with Gasteiger partial charge in [-0.3, -0.25) is 4.57 Å². The standard InChI is InChI=1S/C21H30NO4PS/c1-15(2)25-27(23,26-16(3)4)21(17-7-13-20(28-6)14-8-17)22-18-9-11-19(24-5)12-10-18/h7-16,21-22H,1-6H3. The first-order valence-corrected chi connectivity index (χ1v) is 12.1. The predicted molar refractivity (Wildman–Crippen MR) is 118 cm³/mol. The largest absolute Gasteiger partial charge is 0.497 e. The lowest BCUT2D eigenvalue weighted by molar-refractivity contribution is 0.138. The lowest BCUT2D eigenvalue weighted by Crippen LogP contribution is -2.19. The van der Waals surface area contributed by atoms with E-state index in [0.29, 0.717) is 0 Å². The summed E-state index contributed by atoms with van der Waals surface area (Å²) in [7, 11) is -1.90. The molecule has 1 unspecified atom stereocenters. The fraction of sp³-hybridized carbons (Fsp3) is 0.429. The third-order valence-corrected chi connectivity index (χ3v) is 7.09. The van der Waals surface area contributed by atoms with E-state index in [1.807, 2.05) is 82.5 Å². The average Bonchev–Trinajstić information content (AvgIpc) is 2.65. The number of ether oxygens (including phenoxy) is 1. The van der Waals surface area contributed by atoms with Gasteiger partial charge in [0.05, 0.1) is 19.3 Å². The quantitative estimate of drug-likeness (QED) is 0.344. The van der Waals surface area contributed by atoms with E-state index in [-0.39, 0.29) is 12.2 Å². The third-order valence-electron chi connectivity index (χ3n) is 3.86. The second kappa shape index (κ2) is 10.4. The van der Waals surface area contributed by atoms with Crippen LogP contribution in [0.1, 0.15) is 39.0 Å². The fourth-order valence-corrected chi connectivity index (χ4v) is 5.43. The van der Waals surface area contributed by atoms with Crippen LogP contribution in [0.5, 0.6) is 5.75 Å². The van der Waals surface area contributed by atoms with Gasteiger partial charge >= 0.3 is 7.60 Å². The highest BCUT2D eigenvalue weighted by Gasteiger charge is 2.39. The normalized spacial score (nSPS) is 13.0. The summed E-state index contributed by atoms with van der Waals surface area (Å²) in [5.74, 6) is 0.119. The van der Waals surface area contributed by atoms with Crippen molar-refractivity contribution in [1.29, 1.82) is 0 Å². The third kappa shape index (κ3) is 6.28. The van der Waals surface area contributed by atoms with Crippen LogP contribution in [0.2, 0.25) is 0 Å². The molecule has 0 spiro atoms. The summed E-state index contributed by atoms with van der Waals surface area (Å²) >= 11 is 1.66. The van der Waals surface area contributed by atoms with Crippen LogP contribution < -0.4 is 10.1 Å². The Morgan fingerprint density at radius 3 is 1.86 bits per heavy atom. The maximum Gasteiger partial charge on any atom is 0.357 e. The topological polar surface area (TPSA) is 56.8 Å². The molecule has 154 valence electrons. The van der Waals surface area contributed by atoms with Crippen LogP contribution >= 0.6 is 19.4 Å². The van der Waals surface area contributed by atoms with Crippen molar-refractivity contribution < 1.29 is 18.3 Å². The van der Waals surface area contributed by atoms with Crippen molar-refractivity contribution in [2.24, 2.45) is 0 Å². The van der Waals surface area contributed by atoms with Gasteiger partial charge in [-0.25, -0.2) is 0 Å². The Morgan fingerprint density at radius 1 is 0.893 bits per heavy atom. The maximum atomic E-state index is 13.9. The van der Waals surface area contributed by atoms with Gasteiger partial charge in [0.1, 0.15) is 5.75 Å². The van der Waals surface area contributed by atoms with Crippen LogP contribution in [0, 0.1) is 0 Å². The zero-order chi connectivity index (χ0) is 20.7. The molecule has 0 aromatic heterocycles. The van der Waals surface area contributed by atoms with Gasteiger partial charge in [0, 0.05) is 10.6 Å². The summed E-state index contributed by atoms with van der Waals surface area (Å²) in [5, 5.41) is 3.36. The zero-order valence-electron chi connectivity index (χ0n) is 17.3. The highest BCUT2D eigenvalue weighted by atomic mass is 32.2. The van der Waals surface area contributed by atoms with Crippen molar-refractivity contribution >= 4 is 25.0 Å². The molecule has 0 saturated heterocycles. The summed E-state index contributed by atoms with van der Waals surface area (Å²) in [5.41, 5.74) is 1.65. The first-order valence-electron chi connectivity index (χ1n) is 9.28. The number of methoxy groups -OCH3 is 1. The smallest absolute Gasteiger partial charge is 0.357 e. The van der Waals surface area contributed by atoms with E-state index in [4.69, 9.17) is 13.8 Å². The molecule has 0 aliphatic carbocycles. The molecular weight excluding hydrogens is 393 g/mol. The van der Waals surface area contributed by atoms with Gasteiger partial charge in [0.15, 0.2) is 5.78 Å². The number of benzene rings is 2. The van der Waals surface area contributed by atoms with E-state index in [2.05, 4.69) is 5.32 Å². The molecule has 28 heavy (non-hydrogen) atoms. The molecule has 0 aliphatic heterocycles. The van der Waals surface area contributed by atoms with Gasteiger partial charge in [-0.1, -0.05) is 12.1 Å². The highest BCUT2D eigenvalue weighted by Crippen LogP contribution is 2.62. The number of nitrogens with one attached hydrogen (secondary N) is 1. The lowest BCUT2D eigenvalue weighted by atomic mass is 10.2. The van der Waals surface area contributed by atoms with Crippen LogP contribution in [0.4, 0.5) is 5.69 Å². The Balaban J connectivity index is 2.46. The van der Waals surface area contributed by atoms with Crippen molar-refractivity contribution in [3.05, 3.63) is 54.1 Å². The van der Waals surface area contributed by atoms with Crippen LogP contribution in [0.15, 0.2) is 53.4 Å². The van der Waals surface area contributed by atoms with Crippen molar-refractivity contribution in [3.8, 4) is 5.75 Å². The molecule has 2 aromatic rings. The van der Waals surface area contributed by atoms with Gasteiger partial charge in [0.2, 0.25) is 0 Å². The molecule has 0 aliphatic rings. The Bertz CT molecular complexity index is 764. The Hall–Kier alpha value is -1.46. The minimum Gasteiger partial charge on any atom is -0.497 e. The van der Waals surface area contributed by atoms with Gasteiger partial charge in [0.25, 0.3) is 0 Å². The number of hydrogen-bond donors (Lipinski definition) is 1. The highest BCUT2D eigenvalue weighted by molar-refractivity contribution is 7.98. The van der Waals surface area contributed by atoms with Crippen LogP contribution in [-0.4, -0.2) is 25.6 Å². The van der Waals surface area contributed by atoms with E-state index < -0.39 is 13.4 Å². The second-order valence-electron chi connectivity index (χ2n) is 6.90. The lowest BCUT2D eigenvalue weighted by Gasteiger charge is -2.31. The number of rotatable bonds is 10. The minimum absolute atomic E-state index is 0.241. The Kier molecular flexibility index (Phi) is 8.44. The van der Waals surface area contributed by atoms with Gasteiger partial charge < -0.3 is 19.1 Å². The fourth-order valence-electron chi connectivity index (χ4n) is 2.71. The molecule has 0 bridgehead atoms. The maximum absolute atomic E-state index is 13.9. The van der Waals surface area contributed by atoms with Gasteiger partial charge in [-0.2, -0.15) is 0 Å². The van der Waals surface area contributed by atoms with Crippen LogP contribution in [-0.2, 0) is 13.6 Å². The van der Waals surface area contributed by atoms with Crippen molar-refractivity contribution in [2.75, 3.05) is 18.7 Å². The molecule has 0 amide bonds. The summed E-state index contributed by atoms with van der Waals surface area (Å²) in [6.45, 7) is 7.43. The van der Waals surface area contributed by atoms with Crippen molar-refractivity contribution in [1.82, 2.24) is 0 Å². The van der Waals surface area contributed by atoms with Crippen LogP contribution in [0.3, 0.4) is 0 Å². The molecule has 1 N–H and O–H groups in total. The number of anilines is 1. The van der Waals surface area contributed by atoms with Gasteiger partial charge in [-0.15, -0.1) is 11.8 Å². The average molecular weight is 424 g/mol. The molecule has 2 aromatic carbocycles. The monoisotopic (exact) mass is 423 g/mol. The molecule has 2 rings (SSSR count). The van der Waals surface area contributed by atoms with E-state index >= 15 is 0 Å². The molecule has 0 saturated carbocycles. The van der Waals surface area contributed by atoms with Gasteiger partial charge in [-0.05, 0) is 75.9 Å². The van der Waals surface area contributed by atoms with E-state index in [9.17, 15) is 4.57 Å². The van der Waals surface area contributed by atoms with E-state index in [1.165, 1.54) is 0 Å². The summed E-state index contributed by atoms with van der Waals surface area (Å²) in [6.07, 6.45) is 1.54. The number of thioether (sulfide) groups is 1. The molecule has 5 nitrogen and oxygen atoms in total. The van der Waals surface area contributed by atoms with E-state index in [0.717, 1.165) is 21.9 Å². The molecule has 1 atom stereocenters. The first kappa shape index (κ1) is 22.8. The Morgan fingerprint density at radius 2 is 1.43 bits per heavy atom. The summed E-state index contributed by atoms with van der Waals surface area (Å²) in [4.78, 5) is 1.14.